The molecular weight excluding hydrogens is 405 g/mol. The summed E-state index contributed by atoms with van der Waals surface area (Å²) in [5, 5.41) is 0. The molecule has 9 heteroatoms. The second kappa shape index (κ2) is 6.06. The number of methoxy groups -OCH3 is 1. The van der Waals surface area contributed by atoms with Crippen LogP contribution in [0.25, 0.3) is 0 Å². The largest absolute Gasteiger partial charge is 0.430 e. The zero-order valence-electron chi connectivity index (χ0n) is 9.98. The molecule has 0 unspecified atom stereocenters. The summed E-state index contributed by atoms with van der Waals surface area (Å²) >= 11 is 1.62. The lowest BCUT2D eigenvalue weighted by Crippen LogP contribution is -2.56. The molecule has 0 aliphatic rings. The maximum atomic E-state index is 13.1. The van der Waals surface area contributed by atoms with Gasteiger partial charge in [-0.3, -0.25) is 0 Å². The Kier molecular flexibility index (Phi) is 5.30. The van der Waals surface area contributed by atoms with Crippen molar-refractivity contribution in [1.82, 2.24) is 0 Å². The second-order valence-corrected chi connectivity index (χ2v) is 4.98. The average Bonchev–Trinajstić information content (AvgIpc) is 2.26. The van der Waals surface area contributed by atoms with Crippen LogP contribution in [0.2, 0.25) is 0 Å². The SMILES string of the molecule is COCOC(c1cccc(I)c1)(C(F)(F)F)C(F)(F)F. The third kappa shape index (κ3) is 3.19. The van der Waals surface area contributed by atoms with Crippen molar-refractivity contribution in [1.29, 1.82) is 0 Å². The number of halogens is 7. The Morgan fingerprint density at radius 3 is 2.00 bits per heavy atom. The van der Waals surface area contributed by atoms with E-state index in [0.29, 0.717) is 0 Å². The third-order valence-corrected chi connectivity index (χ3v) is 3.09. The van der Waals surface area contributed by atoms with Gasteiger partial charge in [-0.1, -0.05) is 12.1 Å². The van der Waals surface area contributed by atoms with E-state index in [1.54, 1.807) is 22.6 Å². The molecule has 0 fully saturated rings. The van der Waals surface area contributed by atoms with Crippen LogP contribution in [-0.4, -0.2) is 26.3 Å². The predicted molar refractivity (Wildman–Crippen MR) is 65.9 cm³/mol. The first-order chi connectivity index (χ1) is 9.06. The fourth-order valence-electron chi connectivity index (χ4n) is 1.59. The Balaban J connectivity index is 3.53. The number of rotatable bonds is 4. The molecule has 0 radical (unpaired) electrons. The smallest absolute Gasteiger partial charge is 0.359 e. The second-order valence-electron chi connectivity index (χ2n) is 3.74. The van der Waals surface area contributed by atoms with Crippen molar-refractivity contribution in [2.24, 2.45) is 0 Å². The lowest BCUT2D eigenvalue weighted by atomic mass is 9.92. The zero-order valence-corrected chi connectivity index (χ0v) is 12.1. The van der Waals surface area contributed by atoms with Gasteiger partial charge in [-0.25, -0.2) is 0 Å². The molecule has 1 aromatic rings. The molecule has 0 bridgehead atoms. The molecule has 0 saturated heterocycles. The summed E-state index contributed by atoms with van der Waals surface area (Å²) in [6.45, 7) is -1.15. The molecule has 0 saturated carbocycles. The first-order valence-electron chi connectivity index (χ1n) is 5.08. The molecule has 0 heterocycles. The van der Waals surface area contributed by atoms with Crippen molar-refractivity contribution >= 4 is 22.6 Å². The molecule has 0 atom stereocenters. The fourth-order valence-corrected chi connectivity index (χ4v) is 2.13. The van der Waals surface area contributed by atoms with Crippen LogP contribution in [0.3, 0.4) is 0 Å². The Morgan fingerprint density at radius 1 is 1.05 bits per heavy atom. The van der Waals surface area contributed by atoms with Crippen molar-refractivity contribution in [2.45, 2.75) is 18.0 Å². The van der Waals surface area contributed by atoms with Crippen LogP contribution in [-0.2, 0) is 15.1 Å². The van der Waals surface area contributed by atoms with Crippen LogP contribution < -0.4 is 0 Å². The molecule has 1 aromatic carbocycles. The van der Waals surface area contributed by atoms with Gasteiger partial charge >= 0.3 is 12.4 Å². The third-order valence-electron chi connectivity index (χ3n) is 2.42. The minimum absolute atomic E-state index is 0.221. The molecule has 20 heavy (non-hydrogen) atoms. The van der Waals surface area contributed by atoms with E-state index in [9.17, 15) is 26.3 Å². The van der Waals surface area contributed by atoms with Gasteiger partial charge in [0.05, 0.1) is 0 Å². The first-order valence-corrected chi connectivity index (χ1v) is 6.16. The van der Waals surface area contributed by atoms with Gasteiger partial charge in [0, 0.05) is 16.2 Å². The lowest BCUT2D eigenvalue weighted by Gasteiger charge is -2.37. The number of alkyl halides is 6. The summed E-state index contributed by atoms with van der Waals surface area (Å²) in [6, 6.07) is 3.97. The number of hydrogen-bond acceptors (Lipinski definition) is 2. The van der Waals surface area contributed by atoms with Gasteiger partial charge in [0.1, 0.15) is 6.79 Å². The maximum absolute atomic E-state index is 13.1. The molecule has 114 valence electrons. The Labute approximate surface area is 124 Å². The molecule has 0 amide bonds. The topological polar surface area (TPSA) is 18.5 Å². The van der Waals surface area contributed by atoms with Gasteiger partial charge in [-0.15, -0.1) is 0 Å². The first kappa shape index (κ1) is 17.5. The summed E-state index contributed by atoms with van der Waals surface area (Å²) in [5.41, 5.74) is -5.46. The maximum Gasteiger partial charge on any atom is 0.430 e. The Morgan fingerprint density at radius 2 is 1.60 bits per heavy atom. The van der Waals surface area contributed by atoms with Gasteiger partial charge < -0.3 is 9.47 Å². The van der Waals surface area contributed by atoms with E-state index < -0.39 is 30.3 Å². The van der Waals surface area contributed by atoms with Crippen LogP contribution >= 0.6 is 22.6 Å². The summed E-state index contributed by atoms with van der Waals surface area (Å²) in [5.74, 6) is 0. The van der Waals surface area contributed by atoms with E-state index in [-0.39, 0.29) is 3.57 Å². The molecule has 0 aliphatic heterocycles. The van der Waals surface area contributed by atoms with E-state index in [0.717, 1.165) is 25.3 Å². The molecule has 0 aromatic heterocycles. The summed E-state index contributed by atoms with van der Waals surface area (Å²) in [4.78, 5) is 0. The van der Waals surface area contributed by atoms with E-state index in [4.69, 9.17) is 0 Å². The van der Waals surface area contributed by atoms with E-state index in [1.807, 2.05) is 0 Å². The predicted octanol–water partition coefficient (Wildman–Crippen LogP) is 4.23. The van der Waals surface area contributed by atoms with Crippen LogP contribution in [0.1, 0.15) is 5.56 Å². The summed E-state index contributed by atoms with van der Waals surface area (Å²) in [7, 11) is 0.937. The number of hydrogen-bond donors (Lipinski definition) is 0. The number of benzene rings is 1. The van der Waals surface area contributed by atoms with Crippen molar-refractivity contribution < 1.29 is 35.8 Å². The average molecular weight is 414 g/mol. The molecule has 0 aliphatic carbocycles. The molecule has 0 spiro atoms. The van der Waals surface area contributed by atoms with Gasteiger partial charge in [-0.2, -0.15) is 26.3 Å². The Bertz CT molecular complexity index is 443. The van der Waals surface area contributed by atoms with E-state index in [1.165, 1.54) is 6.07 Å². The zero-order chi connectivity index (χ0) is 15.6. The van der Waals surface area contributed by atoms with Gasteiger partial charge in [0.2, 0.25) is 0 Å². The van der Waals surface area contributed by atoms with Gasteiger partial charge in [-0.05, 0) is 34.7 Å². The van der Waals surface area contributed by atoms with Gasteiger partial charge in [0.15, 0.2) is 0 Å². The quantitative estimate of drug-likeness (QED) is 0.417. The Hall–Kier alpha value is -0.550. The highest BCUT2D eigenvalue weighted by Gasteiger charge is 2.73. The van der Waals surface area contributed by atoms with Crippen molar-refractivity contribution in [3.63, 3.8) is 0 Å². The highest BCUT2D eigenvalue weighted by atomic mass is 127. The molecule has 2 nitrogen and oxygen atoms in total. The molecular formula is C11H9F6IO2. The summed E-state index contributed by atoms with van der Waals surface area (Å²) < 4.78 is 87.2. The van der Waals surface area contributed by atoms with Crippen LogP contribution in [0, 0.1) is 3.57 Å². The minimum atomic E-state index is -5.69. The number of ether oxygens (including phenoxy) is 2. The van der Waals surface area contributed by atoms with E-state index >= 15 is 0 Å². The lowest BCUT2D eigenvalue weighted by molar-refractivity contribution is -0.400. The van der Waals surface area contributed by atoms with Crippen LogP contribution in [0.4, 0.5) is 26.3 Å². The fraction of sp³-hybridized carbons (Fsp3) is 0.455. The van der Waals surface area contributed by atoms with E-state index in [2.05, 4.69) is 9.47 Å². The summed E-state index contributed by atoms with van der Waals surface area (Å²) in [6.07, 6.45) is -11.4. The van der Waals surface area contributed by atoms with Crippen molar-refractivity contribution in [2.75, 3.05) is 13.9 Å². The molecule has 0 N–H and O–H groups in total. The highest BCUT2D eigenvalue weighted by Crippen LogP contribution is 2.53. The normalized spacial score (nSPS) is 13.6. The van der Waals surface area contributed by atoms with Crippen LogP contribution in [0.15, 0.2) is 24.3 Å². The highest BCUT2D eigenvalue weighted by molar-refractivity contribution is 14.1. The standard InChI is InChI=1S/C11H9F6IO2/c1-19-6-20-9(10(12,13)14,11(15,16)17)7-3-2-4-8(18)5-7/h2-5H,6H2,1H3. The molecule has 1 rings (SSSR count). The van der Waals surface area contributed by atoms with Crippen molar-refractivity contribution in [3.8, 4) is 0 Å². The minimum Gasteiger partial charge on any atom is -0.359 e. The van der Waals surface area contributed by atoms with Crippen molar-refractivity contribution in [3.05, 3.63) is 33.4 Å². The van der Waals surface area contributed by atoms with Gasteiger partial charge in [0.25, 0.3) is 5.60 Å². The monoisotopic (exact) mass is 414 g/mol. The van der Waals surface area contributed by atoms with Crippen LogP contribution in [0.5, 0.6) is 0 Å².